The van der Waals surface area contributed by atoms with E-state index >= 15 is 0 Å². The number of rotatable bonds is 3. The van der Waals surface area contributed by atoms with Crippen LogP contribution >= 0.6 is 27.5 Å². The Hall–Kier alpha value is -1.39. The smallest absolute Gasteiger partial charge is 0.165 e. The molecule has 0 heterocycles. The molecule has 0 amide bonds. The van der Waals surface area contributed by atoms with Crippen LogP contribution < -0.4 is 4.74 Å². The lowest BCUT2D eigenvalue weighted by molar-refractivity contribution is 0.101. The van der Waals surface area contributed by atoms with Gasteiger partial charge in [0.25, 0.3) is 0 Å². The lowest BCUT2D eigenvalue weighted by Crippen LogP contribution is -1.94. The molecule has 0 saturated heterocycles. The number of benzene rings is 2. The highest BCUT2D eigenvalue weighted by Crippen LogP contribution is 2.32. The third-order valence-electron chi connectivity index (χ3n) is 2.45. The average Bonchev–Trinajstić information content (AvgIpc) is 2.36. The first-order valence-corrected chi connectivity index (χ1v) is 6.58. The van der Waals surface area contributed by atoms with Crippen molar-refractivity contribution in [2.24, 2.45) is 0 Å². The average molecular weight is 344 g/mol. The first-order valence-electron chi connectivity index (χ1n) is 5.41. The number of halogens is 3. The standard InChI is InChI=1S/C14H9BrClFO2/c1-8(18)9-2-5-13(11(16)6-9)19-14-7-10(15)3-4-12(14)17/h2-7H,1H3. The van der Waals surface area contributed by atoms with Gasteiger partial charge in [0.15, 0.2) is 17.3 Å². The maximum absolute atomic E-state index is 13.6. The molecule has 0 aliphatic heterocycles. The molecule has 0 unspecified atom stereocenters. The summed E-state index contributed by atoms with van der Waals surface area (Å²) in [6.45, 7) is 1.44. The predicted octanol–water partition coefficient (Wildman–Crippen LogP) is 5.24. The second kappa shape index (κ2) is 5.72. The molecule has 2 rings (SSSR count). The van der Waals surface area contributed by atoms with E-state index in [9.17, 15) is 9.18 Å². The molecule has 0 spiro atoms. The van der Waals surface area contributed by atoms with Crippen molar-refractivity contribution in [3.05, 3.63) is 57.3 Å². The summed E-state index contributed by atoms with van der Waals surface area (Å²) in [5.41, 5.74) is 0.479. The molecule has 2 nitrogen and oxygen atoms in total. The lowest BCUT2D eigenvalue weighted by Gasteiger charge is -2.09. The molecule has 5 heteroatoms. The number of ketones is 1. The van der Waals surface area contributed by atoms with Crippen molar-refractivity contribution in [1.82, 2.24) is 0 Å². The highest BCUT2D eigenvalue weighted by atomic mass is 79.9. The summed E-state index contributed by atoms with van der Waals surface area (Å²) in [4.78, 5) is 11.2. The lowest BCUT2D eigenvalue weighted by atomic mass is 10.1. The molecule has 2 aromatic rings. The van der Waals surface area contributed by atoms with E-state index in [2.05, 4.69) is 15.9 Å². The molecule has 2 aromatic carbocycles. The summed E-state index contributed by atoms with van der Waals surface area (Å²) in [5, 5.41) is 0.257. The second-order valence-electron chi connectivity index (χ2n) is 3.88. The first kappa shape index (κ1) is 14.0. The van der Waals surface area contributed by atoms with Crippen LogP contribution in [0.4, 0.5) is 4.39 Å². The number of hydrogen-bond donors (Lipinski definition) is 0. The Morgan fingerprint density at radius 3 is 2.58 bits per heavy atom. The van der Waals surface area contributed by atoms with Crippen LogP contribution in [0.1, 0.15) is 17.3 Å². The number of carbonyl (C=O) groups excluding carboxylic acids is 1. The summed E-state index contributed by atoms with van der Waals surface area (Å²) < 4.78 is 19.7. The zero-order chi connectivity index (χ0) is 14.0. The first-order chi connectivity index (χ1) is 8.97. The van der Waals surface area contributed by atoms with Crippen molar-refractivity contribution >= 4 is 33.3 Å². The zero-order valence-electron chi connectivity index (χ0n) is 9.91. The van der Waals surface area contributed by atoms with Gasteiger partial charge in [-0.1, -0.05) is 27.5 Å². The molecule has 98 valence electrons. The van der Waals surface area contributed by atoms with E-state index in [1.165, 1.54) is 25.1 Å². The molecule has 0 atom stereocenters. The Morgan fingerprint density at radius 1 is 1.21 bits per heavy atom. The summed E-state index contributed by atoms with van der Waals surface area (Å²) in [7, 11) is 0. The van der Waals surface area contributed by atoms with E-state index in [1.54, 1.807) is 18.2 Å². The van der Waals surface area contributed by atoms with Gasteiger partial charge in [-0.2, -0.15) is 0 Å². The maximum atomic E-state index is 13.6. The molecule has 19 heavy (non-hydrogen) atoms. The number of hydrogen-bond acceptors (Lipinski definition) is 2. The van der Waals surface area contributed by atoms with Gasteiger partial charge in [0.2, 0.25) is 0 Å². The Kier molecular flexibility index (Phi) is 4.22. The molecule has 0 bridgehead atoms. The molecule has 0 radical (unpaired) electrons. The van der Waals surface area contributed by atoms with Gasteiger partial charge in [-0.3, -0.25) is 4.79 Å². The molecule has 0 aliphatic carbocycles. The molecular weight excluding hydrogens is 335 g/mol. The van der Waals surface area contributed by atoms with Crippen LogP contribution in [0.5, 0.6) is 11.5 Å². The number of Topliss-reactive ketones (excluding diaryl/α,β-unsaturated/α-hetero) is 1. The van der Waals surface area contributed by atoms with E-state index < -0.39 is 5.82 Å². The fraction of sp³-hybridized carbons (Fsp3) is 0.0714. The molecule has 0 fully saturated rings. The molecular formula is C14H9BrClFO2. The second-order valence-corrected chi connectivity index (χ2v) is 5.20. The van der Waals surface area contributed by atoms with Gasteiger partial charge >= 0.3 is 0 Å². The van der Waals surface area contributed by atoms with Crippen LogP contribution in [0, 0.1) is 5.82 Å². The highest BCUT2D eigenvalue weighted by Gasteiger charge is 2.10. The number of carbonyl (C=O) groups is 1. The van der Waals surface area contributed by atoms with Crippen molar-refractivity contribution in [1.29, 1.82) is 0 Å². The van der Waals surface area contributed by atoms with Crippen LogP contribution in [0.15, 0.2) is 40.9 Å². The van der Waals surface area contributed by atoms with Crippen LogP contribution in [0.25, 0.3) is 0 Å². The SMILES string of the molecule is CC(=O)c1ccc(Oc2cc(Br)ccc2F)c(Cl)c1. The number of ether oxygens (including phenoxy) is 1. The molecule has 0 aromatic heterocycles. The van der Waals surface area contributed by atoms with Crippen molar-refractivity contribution in [3.63, 3.8) is 0 Å². The van der Waals surface area contributed by atoms with Crippen molar-refractivity contribution in [2.75, 3.05) is 0 Å². The van der Waals surface area contributed by atoms with Crippen LogP contribution in [-0.2, 0) is 0 Å². The van der Waals surface area contributed by atoms with Crippen molar-refractivity contribution in [3.8, 4) is 11.5 Å². The fourth-order valence-corrected chi connectivity index (χ4v) is 2.04. The summed E-state index contributed by atoms with van der Waals surface area (Å²) >= 11 is 9.24. The Morgan fingerprint density at radius 2 is 1.95 bits per heavy atom. The van der Waals surface area contributed by atoms with Crippen LogP contribution in [-0.4, -0.2) is 5.78 Å². The van der Waals surface area contributed by atoms with E-state index in [0.29, 0.717) is 15.8 Å². The third-order valence-corrected chi connectivity index (χ3v) is 3.24. The van der Waals surface area contributed by atoms with Gasteiger partial charge in [-0.05, 0) is 43.3 Å². The summed E-state index contributed by atoms with van der Waals surface area (Å²) in [6.07, 6.45) is 0. The monoisotopic (exact) mass is 342 g/mol. The zero-order valence-corrected chi connectivity index (χ0v) is 12.3. The highest BCUT2D eigenvalue weighted by molar-refractivity contribution is 9.10. The minimum Gasteiger partial charge on any atom is -0.453 e. The minimum atomic E-state index is -0.491. The molecule has 0 N–H and O–H groups in total. The van der Waals surface area contributed by atoms with Crippen LogP contribution in [0.2, 0.25) is 5.02 Å². The topological polar surface area (TPSA) is 26.3 Å². The van der Waals surface area contributed by atoms with Crippen LogP contribution in [0.3, 0.4) is 0 Å². The van der Waals surface area contributed by atoms with Gasteiger partial charge in [0.05, 0.1) is 5.02 Å². The Labute approximate surface area is 123 Å². The van der Waals surface area contributed by atoms with E-state index in [0.717, 1.165) is 0 Å². The fourth-order valence-electron chi connectivity index (χ4n) is 1.48. The van der Waals surface area contributed by atoms with E-state index in [4.69, 9.17) is 16.3 Å². The quantitative estimate of drug-likeness (QED) is 0.713. The summed E-state index contributed by atoms with van der Waals surface area (Å²) in [5.74, 6) is -0.229. The van der Waals surface area contributed by atoms with Crippen molar-refractivity contribution < 1.29 is 13.9 Å². The largest absolute Gasteiger partial charge is 0.453 e. The van der Waals surface area contributed by atoms with Gasteiger partial charge in [0, 0.05) is 10.0 Å². The normalized spacial score (nSPS) is 10.3. The molecule has 0 saturated carbocycles. The maximum Gasteiger partial charge on any atom is 0.165 e. The van der Waals surface area contributed by atoms with Gasteiger partial charge in [-0.15, -0.1) is 0 Å². The summed E-state index contributed by atoms with van der Waals surface area (Å²) in [6, 6.07) is 8.98. The predicted molar refractivity (Wildman–Crippen MR) is 75.6 cm³/mol. The van der Waals surface area contributed by atoms with E-state index in [1.807, 2.05) is 0 Å². The van der Waals surface area contributed by atoms with E-state index in [-0.39, 0.29) is 16.6 Å². The third kappa shape index (κ3) is 3.33. The van der Waals surface area contributed by atoms with Gasteiger partial charge in [-0.25, -0.2) is 4.39 Å². The Balaban J connectivity index is 2.33. The van der Waals surface area contributed by atoms with Crippen molar-refractivity contribution in [2.45, 2.75) is 6.92 Å². The van der Waals surface area contributed by atoms with Gasteiger partial charge < -0.3 is 4.74 Å². The molecule has 0 aliphatic rings. The van der Waals surface area contributed by atoms with Gasteiger partial charge in [0.1, 0.15) is 5.75 Å². The minimum absolute atomic E-state index is 0.0619. The Bertz CT molecular complexity index is 643.